The van der Waals surface area contributed by atoms with Crippen molar-refractivity contribution in [1.29, 1.82) is 0 Å². The van der Waals surface area contributed by atoms with Gasteiger partial charge in [-0.2, -0.15) is 5.10 Å². The first-order valence-corrected chi connectivity index (χ1v) is 8.99. The van der Waals surface area contributed by atoms with E-state index in [0.29, 0.717) is 17.3 Å². The molecule has 2 N–H and O–H groups in total. The average molecular weight is 343 g/mol. The molecule has 1 saturated carbocycles. The van der Waals surface area contributed by atoms with Crippen molar-refractivity contribution in [2.24, 2.45) is 5.10 Å². The van der Waals surface area contributed by atoms with Crippen molar-refractivity contribution in [3.05, 3.63) is 35.4 Å². The van der Waals surface area contributed by atoms with E-state index in [4.69, 9.17) is 0 Å². The van der Waals surface area contributed by atoms with Gasteiger partial charge >= 0.3 is 0 Å². The molecule has 5 heteroatoms. The molecule has 0 radical (unpaired) electrons. The zero-order valence-electron chi connectivity index (χ0n) is 15.7. The highest BCUT2D eigenvalue weighted by Crippen LogP contribution is 2.22. The highest BCUT2D eigenvalue weighted by Gasteiger charge is 2.17. The van der Waals surface area contributed by atoms with Crippen LogP contribution in [0.25, 0.3) is 0 Å². The number of nitrogens with one attached hydrogen (secondary N) is 2. The molecule has 1 aliphatic carbocycles. The van der Waals surface area contributed by atoms with Crippen LogP contribution in [-0.4, -0.2) is 23.6 Å². The maximum absolute atomic E-state index is 12.2. The Morgan fingerprint density at radius 3 is 2.28 bits per heavy atom. The zero-order chi connectivity index (χ0) is 18.4. The van der Waals surface area contributed by atoms with Crippen LogP contribution in [0.3, 0.4) is 0 Å². The monoisotopic (exact) mass is 343 g/mol. The van der Waals surface area contributed by atoms with Crippen LogP contribution in [-0.2, 0) is 10.2 Å². The van der Waals surface area contributed by atoms with Gasteiger partial charge in [-0.3, -0.25) is 9.59 Å². The first-order valence-electron chi connectivity index (χ1n) is 8.99. The molecule has 1 aliphatic rings. The molecular formula is C20H29N3O2. The van der Waals surface area contributed by atoms with Crippen molar-refractivity contribution in [1.82, 2.24) is 10.7 Å². The van der Waals surface area contributed by atoms with Crippen LogP contribution in [0.4, 0.5) is 0 Å². The van der Waals surface area contributed by atoms with Crippen LogP contribution in [0.2, 0.25) is 0 Å². The second-order valence-electron chi connectivity index (χ2n) is 7.84. The fraction of sp³-hybridized carbons (Fsp3) is 0.550. The van der Waals surface area contributed by atoms with E-state index in [1.165, 1.54) is 18.4 Å². The van der Waals surface area contributed by atoms with Gasteiger partial charge in [0, 0.05) is 17.3 Å². The Kier molecular flexibility index (Phi) is 6.34. The van der Waals surface area contributed by atoms with Gasteiger partial charge < -0.3 is 5.32 Å². The van der Waals surface area contributed by atoms with Gasteiger partial charge in [-0.25, -0.2) is 5.43 Å². The molecule has 0 aliphatic heterocycles. The first kappa shape index (κ1) is 19.2. The Morgan fingerprint density at radius 2 is 1.72 bits per heavy atom. The van der Waals surface area contributed by atoms with Gasteiger partial charge in [-0.15, -0.1) is 0 Å². The van der Waals surface area contributed by atoms with Crippen LogP contribution < -0.4 is 10.7 Å². The number of benzene rings is 1. The predicted molar refractivity (Wildman–Crippen MR) is 101 cm³/mol. The molecule has 1 aromatic rings. The predicted octanol–water partition coefficient (Wildman–Crippen LogP) is 3.54. The number of carbonyl (C=O) groups is 2. The Balaban J connectivity index is 1.84. The molecule has 0 heterocycles. The van der Waals surface area contributed by atoms with Crippen molar-refractivity contribution in [2.75, 3.05) is 0 Å². The Morgan fingerprint density at radius 1 is 1.12 bits per heavy atom. The molecule has 0 unspecified atom stereocenters. The van der Waals surface area contributed by atoms with Crippen molar-refractivity contribution in [3.8, 4) is 0 Å². The van der Waals surface area contributed by atoms with E-state index in [2.05, 4.69) is 36.6 Å². The molecule has 0 bridgehead atoms. The molecule has 1 aromatic carbocycles. The molecule has 5 nitrogen and oxygen atoms in total. The first-order chi connectivity index (χ1) is 11.8. The van der Waals surface area contributed by atoms with E-state index in [1.54, 1.807) is 19.1 Å². The summed E-state index contributed by atoms with van der Waals surface area (Å²) in [6.07, 6.45) is 4.69. The van der Waals surface area contributed by atoms with Gasteiger partial charge in [0.25, 0.3) is 5.91 Å². The summed E-state index contributed by atoms with van der Waals surface area (Å²) in [5.41, 5.74) is 4.90. The van der Waals surface area contributed by atoms with Gasteiger partial charge in [-0.05, 0) is 42.9 Å². The maximum Gasteiger partial charge on any atom is 0.271 e. The van der Waals surface area contributed by atoms with Crippen LogP contribution in [0.1, 0.15) is 75.7 Å². The standard InChI is InChI=1S/C20H29N3O2/c1-14(13-18(24)21-17-7-5-6-8-17)22-23-19(25)15-9-11-16(12-10-15)20(2,3)4/h9-12,17H,5-8,13H2,1-4H3,(H,21,24)(H,23,25)/b22-14-. The largest absolute Gasteiger partial charge is 0.353 e. The van der Waals surface area contributed by atoms with Crippen LogP contribution in [0, 0.1) is 0 Å². The number of hydrazone groups is 1. The highest BCUT2D eigenvalue weighted by atomic mass is 16.2. The molecule has 1 fully saturated rings. The number of rotatable bonds is 5. The normalized spacial score (nSPS) is 15.9. The number of nitrogens with zero attached hydrogens (tertiary/aromatic N) is 1. The van der Waals surface area contributed by atoms with E-state index in [-0.39, 0.29) is 23.7 Å². The van der Waals surface area contributed by atoms with E-state index in [1.807, 2.05) is 12.1 Å². The third kappa shape index (κ3) is 6.00. The average Bonchev–Trinajstić information content (AvgIpc) is 3.04. The topological polar surface area (TPSA) is 70.6 Å². The smallest absolute Gasteiger partial charge is 0.271 e. The minimum absolute atomic E-state index is 0.0306. The number of hydrogen-bond acceptors (Lipinski definition) is 3. The fourth-order valence-corrected chi connectivity index (χ4v) is 2.95. The summed E-state index contributed by atoms with van der Waals surface area (Å²) in [5.74, 6) is -0.298. The van der Waals surface area contributed by atoms with Gasteiger partial charge in [0.05, 0.1) is 6.42 Å². The van der Waals surface area contributed by atoms with Crippen molar-refractivity contribution in [2.45, 2.75) is 71.3 Å². The molecule has 25 heavy (non-hydrogen) atoms. The molecule has 136 valence electrons. The summed E-state index contributed by atoms with van der Waals surface area (Å²) in [4.78, 5) is 24.1. The number of carbonyl (C=O) groups excluding carboxylic acids is 2. The van der Waals surface area contributed by atoms with E-state index in [9.17, 15) is 9.59 Å². The number of amides is 2. The Bertz CT molecular complexity index is 636. The fourth-order valence-electron chi connectivity index (χ4n) is 2.95. The number of hydrogen-bond donors (Lipinski definition) is 2. The summed E-state index contributed by atoms with van der Waals surface area (Å²) in [7, 11) is 0. The highest BCUT2D eigenvalue weighted by molar-refractivity contribution is 6.01. The lowest BCUT2D eigenvalue weighted by Gasteiger charge is -2.18. The van der Waals surface area contributed by atoms with Crippen molar-refractivity contribution < 1.29 is 9.59 Å². The lowest BCUT2D eigenvalue weighted by molar-refractivity contribution is -0.120. The molecule has 2 amide bonds. The second-order valence-corrected chi connectivity index (χ2v) is 7.84. The maximum atomic E-state index is 12.2. The van der Waals surface area contributed by atoms with Crippen molar-refractivity contribution >= 4 is 17.5 Å². The quantitative estimate of drug-likeness (QED) is 0.634. The Hall–Kier alpha value is -2.17. The summed E-state index contributed by atoms with van der Waals surface area (Å²) in [6.45, 7) is 8.14. The molecule has 0 spiro atoms. The molecular weight excluding hydrogens is 314 g/mol. The SMILES string of the molecule is C/C(CC(=O)NC1CCCC1)=N/NC(=O)c1ccc(C(C)(C)C)cc1. The lowest BCUT2D eigenvalue weighted by atomic mass is 9.87. The third-order valence-electron chi connectivity index (χ3n) is 4.50. The van der Waals surface area contributed by atoms with Gasteiger partial charge in [0.15, 0.2) is 0 Å². The van der Waals surface area contributed by atoms with E-state index >= 15 is 0 Å². The van der Waals surface area contributed by atoms with Crippen LogP contribution in [0.15, 0.2) is 29.4 Å². The second kappa shape index (κ2) is 8.28. The summed E-state index contributed by atoms with van der Waals surface area (Å²) >= 11 is 0. The van der Waals surface area contributed by atoms with Crippen LogP contribution >= 0.6 is 0 Å². The Labute approximate surface area is 150 Å². The van der Waals surface area contributed by atoms with E-state index in [0.717, 1.165) is 12.8 Å². The van der Waals surface area contributed by atoms with Gasteiger partial charge in [0.2, 0.25) is 5.91 Å². The minimum Gasteiger partial charge on any atom is -0.353 e. The third-order valence-corrected chi connectivity index (χ3v) is 4.50. The van der Waals surface area contributed by atoms with E-state index < -0.39 is 0 Å². The van der Waals surface area contributed by atoms with Gasteiger partial charge in [0.1, 0.15) is 0 Å². The minimum atomic E-state index is -0.268. The van der Waals surface area contributed by atoms with Gasteiger partial charge in [-0.1, -0.05) is 45.7 Å². The van der Waals surface area contributed by atoms with Crippen molar-refractivity contribution in [3.63, 3.8) is 0 Å². The summed E-state index contributed by atoms with van der Waals surface area (Å²) in [6, 6.07) is 7.82. The van der Waals surface area contributed by atoms with Crippen LogP contribution in [0.5, 0.6) is 0 Å². The molecule has 0 atom stereocenters. The summed E-state index contributed by atoms with van der Waals surface area (Å²) in [5, 5.41) is 7.06. The molecule has 0 saturated heterocycles. The lowest BCUT2D eigenvalue weighted by Crippen LogP contribution is -2.33. The molecule has 0 aromatic heterocycles. The molecule has 2 rings (SSSR count). The summed E-state index contributed by atoms with van der Waals surface area (Å²) < 4.78 is 0. The zero-order valence-corrected chi connectivity index (χ0v) is 15.7.